The lowest BCUT2D eigenvalue weighted by molar-refractivity contribution is 0.651. The number of anilines is 3. The third kappa shape index (κ3) is 4.08. The standard InChI is InChI=1S/C48H42N2/c1-47(2)41-19-11-8-16-35(41)37-25-22-33(29-43(37)47)49(34-23-26-38-36-17-9-12-20-42(36)48(3,4)44(38)30-34)32-24-27-46-40(28-32)39-18-10-13-21-45(39)50(46)31-14-6-5-7-15-31/h5-7,10-15,18-30H,8-9,16-17H2,1-4H3. The van der Waals surface area contributed by atoms with Gasteiger partial charge in [0.1, 0.15) is 0 Å². The topological polar surface area (TPSA) is 8.17 Å². The molecule has 0 bridgehead atoms. The van der Waals surface area contributed by atoms with Crippen molar-refractivity contribution in [1.82, 2.24) is 4.57 Å². The molecular formula is C48H42N2. The van der Waals surface area contributed by atoms with Crippen LogP contribution in [0.2, 0.25) is 0 Å². The molecule has 4 aliphatic rings. The summed E-state index contributed by atoms with van der Waals surface area (Å²) in [5, 5.41) is 2.53. The van der Waals surface area contributed by atoms with E-state index in [1.165, 1.54) is 89.1 Å². The van der Waals surface area contributed by atoms with Crippen molar-refractivity contribution in [3.63, 3.8) is 0 Å². The number of hydrogen-bond donors (Lipinski definition) is 0. The Labute approximate surface area is 295 Å². The zero-order chi connectivity index (χ0) is 33.8. The predicted octanol–water partition coefficient (Wildman–Crippen LogP) is 13.0. The highest BCUT2D eigenvalue weighted by Gasteiger charge is 2.39. The van der Waals surface area contributed by atoms with Crippen LogP contribution in [0.4, 0.5) is 17.1 Å². The number of benzene rings is 5. The third-order valence-electron chi connectivity index (χ3n) is 12.1. The Morgan fingerprint density at radius 2 is 1.04 bits per heavy atom. The second-order valence-electron chi connectivity index (χ2n) is 15.6. The molecule has 0 fully saturated rings. The quantitative estimate of drug-likeness (QED) is 0.185. The number of fused-ring (bicyclic) bond motifs is 7. The maximum atomic E-state index is 2.51. The predicted molar refractivity (Wildman–Crippen MR) is 212 cm³/mol. The molecule has 0 aliphatic heterocycles. The van der Waals surface area contributed by atoms with Crippen molar-refractivity contribution >= 4 is 50.0 Å². The Morgan fingerprint density at radius 1 is 0.520 bits per heavy atom. The van der Waals surface area contributed by atoms with Crippen LogP contribution in [-0.4, -0.2) is 4.57 Å². The number of aromatic nitrogens is 1. The van der Waals surface area contributed by atoms with Crippen LogP contribution in [0.1, 0.15) is 75.6 Å². The van der Waals surface area contributed by atoms with Crippen molar-refractivity contribution < 1.29 is 0 Å². The van der Waals surface area contributed by atoms with Crippen molar-refractivity contribution in [3.05, 3.63) is 167 Å². The van der Waals surface area contributed by atoms with Gasteiger partial charge in [-0.05, 0) is 131 Å². The normalized spacial score (nSPS) is 18.1. The van der Waals surface area contributed by atoms with Gasteiger partial charge in [0, 0.05) is 44.4 Å². The van der Waals surface area contributed by atoms with Gasteiger partial charge in [0.2, 0.25) is 0 Å². The maximum Gasteiger partial charge on any atom is 0.0542 e. The lowest BCUT2D eigenvalue weighted by atomic mass is 9.79. The number of allylic oxidation sites excluding steroid dienone is 8. The molecule has 0 saturated heterocycles. The average Bonchev–Trinajstić information content (AvgIpc) is 3.69. The molecule has 1 heterocycles. The third-order valence-corrected chi connectivity index (χ3v) is 12.1. The van der Waals surface area contributed by atoms with Gasteiger partial charge in [-0.1, -0.05) is 101 Å². The lowest BCUT2D eigenvalue weighted by Gasteiger charge is -2.30. The van der Waals surface area contributed by atoms with E-state index in [1.807, 2.05) is 0 Å². The zero-order valence-corrected chi connectivity index (χ0v) is 29.4. The molecule has 6 aromatic rings. The van der Waals surface area contributed by atoms with Crippen LogP contribution in [0.15, 0.2) is 145 Å². The van der Waals surface area contributed by atoms with Crippen molar-refractivity contribution in [1.29, 1.82) is 0 Å². The first-order valence-corrected chi connectivity index (χ1v) is 18.3. The highest BCUT2D eigenvalue weighted by molar-refractivity contribution is 6.10. The maximum absolute atomic E-state index is 2.51. The van der Waals surface area contributed by atoms with E-state index in [-0.39, 0.29) is 10.8 Å². The van der Waals surface area contributed by atoms with Gasteiger partial charge < -0.3 is 9.47 Å². The Morgan fingerprint density at radius 3 is 1.66 bits per heavy atom. The molecule has 1 aromatic heterocycles. The van der Waals surface area contributed by atoms with E-state index in [0.717, 1.165) is 25.7 Å². The van der Waals surface area contributed by atoms with Crippen LogP contribution in [0.25, 0.3) is 38.6 Å². The van der Waals surface area contributed by atoms with Gasteiger partial charge in [0.15, 0.2) is 0 Å². The fraction of sp³-hybridized carbons (Fsp3) is 0.208. The molecule has 0 unspecified atom stereocenters. The minimum Gasteiger partial charge on any atom is -0.310 e. The molecular weight excluding hydrogens is 605 g/mol. The summed E-state index contributed by atoms with van der Waals surface area (Å²) in [5.41, 5.74) is 18.9. The number of rotatable bonds is 4. The van der Waals surface area contributed by atoms with Crippen LogP contribution in [-0.2, 0) is 10.8 Å². The van der Waals surface area contributed by atoms with E-state index in [0.29, 0.717) is 0 Å². The summed E-state index contributed by atoms with van der Waals surface area (Å²) >= 11 is 0. The van der Waals surface area contributed by atoms with Crippen LogP contribution in [0.3, 0.4) is 0 Å². The fourth-order valence-corrected chi connectivity index (χ4v) is 9.65. The van der Waals surface area contributed by atoms with Crippen LogP contribution >= 0.6 is 0 Å². The molecule has 0 N–H and O–H groups in total. The van der Waals surface area contributed by atoms with E-state index in [2.05, 4.69) is 171 Å². The summed E-state index contributed by atoms with van der Waals surface area (Å²) in [4.78, 5) is 2.51. The van der Waals surface area contributed by atoms with E-state index < -0.39 is 0 Å². The smallest absolute Gasteiger partial charge is 0.0542 e. The van der Waals surface area contributed by atoms with Crippen molar-refractivity contribution in [2.75, 3.05) is 4.90 Å². The lowest BCUT2D eigenvalue weighted by Crippen LogP contribution is -2.19. The van der Waals surface area contributed by atoms with Crippen molar-refractivity contribution in [2.45, 2.75) is 64.2 Å². The minimum atomic E-state index is -0.0361. The Kier molecular flexibility index (Phi) is 6.26. The van der Waals surface area contributed by atoms with Gasteiger partial charge in [-0.25, -0.2) is 0 Å². The van der Waals surface area contributed by atoms with Gasteiger partial charge in [0.05, 0.1) is 11.0 Å². The molecule has 2 nitrogen and oxygen atoms in total. The van der Waals surface area contributed by atoms with Crippen LogP contribution in [0, 0.1) is 0 Å². The molecule has 244 valence electrons. The summed E-state index contributed by atoms with van der Waals surface area (Å²) in [7, 11) is 0. The summed E-state index contributed by atoms with van der Waals surface area (Å²) in [6.07, 6.45) is 14.0. The molecule has 0 atom stereocenters. The van der Waals surface area contributed by atoms with E-state index in [9.17, 15) is 0 Å². The van der Waals surface area contributed by atoms with E-state index >= 15 is 0 Å². The Balaban J connectivity index is 1.19. The molecule has 0 saturated carbocycles. The Hall–Kier alpha value is -5.34. The van der Waals surface area contributed by atoms with Gasteiger partial charge in [-0.2, -0.15) is 0 Å². The summed E-state index contributed by atoms with van der Waals surface area (Å²) in [6.45, 7) is 9.63. The molecule has 5 aromatic carbocycles. The first-order chi connectivity index (χ1) is 24.3. The molecule has 0 amide bonds. The van der Waals surface area contributed by atoms with Gasteiger partial charge in [-0.3, -0.25) is 0 Å². The number of nitrogens with zero attached hydrogens (tertiary/aromatic N) is 2. The van der Waals surface area contributed by atoms with Gasteiger partial charge in [0.25, 0.3) is 0 Å². The first-order valence-electron chi connectivity index (χ1n) is 18.3. The summed E-state index contributed by atoms with van der Waals surface area (Å²) in [6, 6.07) is 41.2. The van der Waals surface area contributed by atoms with Crippen LogP contribution < -0.4 is 4.90 Å². The monoisotopic (exact) mass is 646 g/mol. The number of hydrogen-bond acceptors (Lipinski definition) is 1. The van der Waals surface area contributed by atoms with Crippen LogP contribution in [0.5, 0.6) is 0 Å². The second kappa shape index (κ2) is 10.6. The molecule has 0 radical (unpaired) electrons. The van der Waals surface area contributed by atoms with E-state index in [1.54, 1.807) is 0 Å². The Bertz CT molecular complexity index is 2430. The second-order valence-corrected chi connectivity index (χ2v) is 15.6. The van der Waals surface area contributed by atoms with Crippen molar-refractivity contribution in [2.24, 2.45) is 0 Å². The molecule has 2 heteroatoms. The van der Waals surface area contributed by atoms with Crippen molar-refractivity contribution in [3.8, 4) is 5.69 Å². The SMILES string of the molecule is CC1(C)C2=C(CCC=C2)c2ccc(N(c3ccc4c(c3)C(C)(C)C3=C4CCC=C3)c3ccc4c(c3)c3ccccc3n4-c3ccccc3)cc21. The van der Waals surface area contributed by atoms with Gasteiger partial charge in [-0.15, -0.1) is 0 Å². The summed E-state index contributed by atoms with van der Waals surface area (Å²) in [5.74, 6) is 0. The first kappa shape index (κ1) is 29.6. The highest BCUT2D eigenvalue weighted by Crippen LogP contribution is 2.54. The highest BCUT2D eigenvalue weighted by atomic mass is 15.1. The molecule has 10 rings (SSSR count). The van der Waals surface area contributed by atoms with Gasteiger partial charge >= 0.3 is 0 Å². The van der Waals surface area contributed by atoms with E-state index in [4.69, 9.17) is 0 Å². The molecule has 4 aliphatic carbocycles. The average molecular weight is 647 g/mol. The molecule has 0 spiro atoms. The largest absolute Gasteiger partial charge is 0.310 e. The minimum absolute atomic E-state index is 0.0361. The zero-order valence-electron chi connectivity index (χ0n) is 29.4. The number of para-hydroxylation sites is 2. The summed E-state index contributed by atoms with van der Waals surface area (Å²) < 4.78 is 2.40. The fourth-order valence-electron chi connectivity index (χ4n) is 9.65. The molecule has 50 heavy (non-hydrogen) atoms.